The summed E-state index contributed by atoms with van der Waals surface area (Å²) in [7, 11) is 0. The van der Waals surface area contributed by atoms with Gasteiger partial charge in [-0.25, -0.2) is 4.79 Å². The highest BCUT2D eigenvalue weighted by molar-refractivity contribution is 6.40. The zero-order valence-corrected chi connectivity index (χ0v) is 8.69. The Morgan fingerprint density at radius 2 is 2.06 bits per heavy atom. The number of carbonyl (C=O) groups is 2. The molecule has 0 spiro atoms. The van der Waals surface area contributed by atoms with Crippen LogP contribution in [0.15, 0.2) is 18.2 Å². The summed E-state index contributed by atoms with van der Waals surface area (Å²) in [6.07, 6.45) is 0. The Bertz CT molecular complexity index is 438. The molecular formula is C11H10O5. The van der Waals surface area contributed by atoms with Gasteiger partial charge in [-0.1, -0.05) is 0 Å². The molecule has 2 rings (SSSR count). The van der Waals surface area contributed by atoms with E-state index in [9.17, 15) is 9.59 Å². The number of fused-ring (bicyclic) bond motifs is 1. The van der Waals surface area contributed by atoms with E-state index < -0.39 is 11.8 Å². The van der Waals surface area contributed by atoms with Crippen LogP contribution in [0, 0.1) is 0 Å². The molecule has 1 aromatic rings. The van der Waals surface area contributed by atoms with Gasteiger partial charge in [0.15, 0.2) is 11.5 Å². The third-order valence-electron chi connectivity index (χ3n) is 2.10. The third kappa shape index (κ3) is 1.84. The van der Waals surface area contributed by atoms with E-state index in [1.54, 1.807) is 13.0 Å². The van der Waals surface area contributed by atoms with Crippen molar-refractivity contribution in [2.45, 2.75) is 6.92 Å². The van der Waals surface area contributed by atoms with E-state index >= 15 is 0 Å². The smallest absolute Gasteiger partial charge is 0.379 e. The topological polar surface area (TPSA) is 61.8 Å². The second kappa shape index (κ2) is 4.22. The van der Waals surface area contributed by atoms with Gasteiger partial charge in [-0.05, 0) is 25.1 Å². The zero-order valence-electron chi connectivity index (χ0n) is 8.69. The third-order valence-corrected chi connectivity index (χ3v) is 2.10. The van der Waals surface area contributed by atoms with Crippen molar-refractivity contribution in [3.8, 4) is 11.5 Å². The quantitative estimate of drug-likeness (QED) is 0.436. The van der Waals surface area contributed by atoms with Crippen molar-refractivity contribution in [3.05, 3.63) is 23.8 Å². The maximum Gasteiger partial charge on any atom is 0.379 e. The minimum Gasteiger partial charge on any atom is -0.460 e. The molecule has 0 saturated heterocycles. The summed E-state index contributed by atoms with van der Waals surface area (Å²) in [5.74, 6) is -0.503. The second-order valence-electron chi connectivity index (χ2n) is 3.12. The van der Waals surface area contributed by atoms with Gasteiger partial charge in [0.2, 0.25) is 6.79 Å². The number of Topliss-reactive ketones (excluding diaryl/α,β-unsaturated/α-hetero) is 1. The lowest BCUT2D eigenvalue weighted by Gasteiger charge is -2.02. The van der Waals surface area contributed by atoms with Crippen LogP contribution in [-0.2, 0) is 9.53 Å². The van der Waals surface area contributed by atoms with Crippen LogP contribution in [0.1, 0.15) is 17.3 Å². The predicted octanol–water partition coefficient (Wildman–Crippen LogP) is 1.16. The zero-order chi connectivity index (χ0) is 11.5. The number of benzene rings is 1. The Morgan fingerprint density at radius 1 is 1.31 bits per heavy atom. The van der Waals surface area contributed by atoms with Crippen molar-refractivity contribution < 1.29 is 23.8 Å². The van der Waals surface area contributed by atoms with Gasteiger partial charge in [-0.3, -0.25) is 4.79 Å². The average Bonchev–Trinajstić information content (AvgIpc) is 2.75. The first-order valence-electron chi connectivity index (χ1n) is 4.83. The summed E-state index contributed by atoms with van der Waals surface area (Å²) in [4.78, 5) is 22.8. The summed E-state index contributed by atoms with van der Waals surface area (Å²) >= 11 is 0. The van der Waals surface area contributed by atoms with Crippen molar-refractivity contribution in [2.24, 2.45) is 0 Å². The molecule has 0 aromatic heterocycles. The standard InChI is InChI=1S/C11H10O5/c1-2-14-11(13)10(12)7-3-4-8-9(5-7)16-6-15-8/h3-5H,2,6H2,1H3. The van der Waals surface area contributed by atoms with Crippen LogP contribution in [0.2, 0.25) is 0 Å². The molecule has 0 bridgehead atoms. The normalized spacial score (nSPS) is 12.3. The molecule has 0 atom stereocenters. The fraction of sp³-hybridized carbons (Fsp3) is 0.273. The van der Waals surface area contributed by atoms with Gasteiger partial charge in [0.25, 0.3) is 5.78 Å². The number of carbonyl (C=O) groups excluding carboxylic acids is 2. The van der Waals surface area contributed by atoms with Gasteiger partial charge in [0.1, 0.15) is 0 Å². The summed E-state index contributed by atoms with van der Waals surface area (Å²) in [6.45, 7) is 1.95. The highest BCUT2D eigenvalue weighted by Crippen LogP contribution is 2.32. The molecule has 5 heteroatoms. The molecule has 5 nitrogen and oxygen atoms in total. The van der Waals surface area contributed by atoms with Crippen molar-refractivity contribution in [2.75, 3.05) is 13.4 Å². The minimum absolute atomic E-state index is 0.131. The van der Waals surface area contributed by atoms with Crippen LogP contribution in [0.3, 0.4) is 0 Å². The van der Waals surface area contributed by atoms with Crippen molar-refractivity contribution in [1.82, 2.24) is 0 Å². The molecule has 84 valence electrons. The lowest BCUT2D eigenvalue weighted by Crippen LogP contribution is -2.17. The number of hydrogen-bond donors (Lipinski definition) is 0. The fourth-order valence-corrected chi connectivity index (χ4v) is 1.35. The Morgan fingerprint density at radius 3 is 2.81 bits per heavy atom. The molecule has 1 aliphatic rings. The summed E-state index contributed by atoms with van der Waals surface area (Å²) in [5, 5.41) is 0. The van der Waals surface area contributed by atoms with Gasteiger partial charge in [-0.2, -0.15) is 0 Å². The van der Waals surface area contributed by atoms with E-state index in [0.717, 1.165) is 0 Å². The van der Waals surface area contributed by atoms with E-state index in [-0.39, 0.29) is 19.0 Å². The summed E-state index contributed by atoms with van der Waals surface area (Å²) < 4.78 is 14.8. The van der Waals surface area contributed by atoms with E-state index in [4.69, 9.17) is 9.47 Å². The molecule has 0 amide bonds. The van der Waals surface area contributed by atoms with Gasteiger partial charge in [-0.15, -0.1) is 0 Å². The first-order valence-corrected chi connectivity index (χ1v) is 4.83. The van der Waals surface area contributed by atoms with E-state index in [1.807, 2.05) is 0 Å². The Hall–Kier alpha value is -2.04. The first kappa shape index (κ1) is 10.5. The largest absolute Gasteiger partial charge is 0.460 e. The number of ether oxygens (including phenoxy) is 3. The summed E-state index contributed by atoms with van der Waals surface area (Å²) in [6, 6.07) is 4.57. The van der Waals surface area contributed by atoms with Crippen LogP contribution < -0.4 is 9.47 Å². The monoisotopic (exact) mass is 222 g/mol. The van der Waals surface area contributed by atoms with Crippen LogP contribution in [0.4, 0.5) is 0 Å². The molecule has 0 unspecified atom stereocenters. The van der Waals surface area contributed by atoms with Crippen LogP contribution in [0.25, 0.3) is 0 Å². The van der Waals surface area contributed by atoms with Crippen LogP contribution in [0.5, 0.6) is 11.5 Å². The van der Waals surface area contributed by atoms with Crippen LogP contribution >= 0.6 is 0 Å². The maximum atomic E-state index is 11.6. The van der Waals surface area contributed by atoms with Crippen LogP contribution in [-0.4, -0.2) is 25.2 Å². The molecule has 0 N–H and O–H groups in total. The van der Waals surface area contributed by atoms with Gasteiger partial charge >= 0.3 is 5.97 Å². The number of esters is 1. The fourth-order valence-electron chi connectivity index (χ4n) is 1.35. The predicted molar refractivity (Wildman–Crippen MR) is 53.5 cm³/mol. The van der Waals surface area contributed by atoms with E-state index in [1.165, 1.54) is 12.1 Å². The molecule has 0 aliphatic carbocycles. The maximum absolute atomic E-state index is 11.6. The molecule has 1 heterocycles. The molecule has 0 radical (unpaired) electrons. The van der Waals surface area contributed by atoms with E-state index in [0.29, 0.717) is 11.5 Å². The molecule has 0 fully saturated rings. The van der Waals surface area contributed by atoms with Crippen molar-refractivity contribution in [3.63, 3.8) is 0 Å². The molecule has 1 aliphatic heterocycles. The van der Waals surface area contributed by atoms with Gasteiger partial charge < -0.3 is 14.2 Å². The van der Waals surface area contributed by atoms with Crippen molar-refractivity contribution in [1.29, 1.82) is 0 Å². The molecule has 16 heavy (non-hydrogen) atoms. The first-order chi connectivity index (χ1) is 7.72. The molecular weight excluding hydrogens is 212 g/mol. The lowest BCUT2D eigenvalue weighted by molar-refractivity contribution is -0.137. The summed E-state index contributed by atoms with van der Waals surface area (Å²) in [5.41, 5.74) is 0.239. The van der Waals surface area contributed by atoms with Gasteiger partial charge in [0, 0.05) is 5.56 Å². The number of ketones is 1. The Balaban J connectivity index is 2.21. The second-order valence-corrected chi connectivity index (χ2v) is 3.12. The Labute approximate surface area is 91.9 Å². The van der Waals surface area contributed by atoms with Gasteiger partial charge in [0.05, 0.1) is 6.61 Å². The number of hydrogen-bond acceptors (Lipinski definition) is 5. The Kier molecular flexibility index (Phi) is 2.76. The highest BCUT2D eigenvalue weighted by Gasteiger charge is 2.21. The molecule has 0 saturated carbocycles. The van der Waals surface area contributed by atoms with E-state index in [2.05, 4.69) is 4.74 Å². The molecule has 1 aromatic carbocycles. The lowest BCUT2D eigenvalue weighted by atomic mass is 10.1. The minimum atomic E-state index is -0.860. The van der Waals surface area contributed by atoms with Crippen molar-refractivity contribution >= 4 is 11.8 Å². The average molecular weight is 222 g/mol. The SMILES string of the molecule is CCOC(=O)C(=O)c1ccc2c(c1)OCO2. The highest BCUT2D eigenvalue weighted by atomic mass is 16.7. The number of rotatable bonds is 3.